The van der Waals surface area contributed by atoms with Crippen LogP contribution in [-0.4, -0.2) is 51.0 Å². The summed E-state index contributed by atoms with van der Waals surface area (Å²) >= 11 is 12.3. The Morgan fingerprint density at radius 3 is 2.73 bits per heavy atom. The monoisotopic (exact) mass is 521 g/mol. The number of pyridine rings is 1. The lowest BCUT2D eigenvalue weighted by molar-refractivity contribution is 0.0764. The molecule has 2 aromatic rings. The number of carbonyl (C=O) groups is 1. The van der Waals surface area contributed by atoms with E-state index in [1.807, 2.05) is 13.8 Å². The Kier molecular flexibility index (Phi) is 8.35. The summed E-state index contributed by atoms with van der Waals surface area (Å²) in [6.07, 6.45) is 1.32. The average molecular weight is 522 g/mol. The van der Waals surface area contributed by atoms with Gasteiger partial charge < -0.3 is 19.5 Å². The standard InChI is InChI=1S/C20H22Cl2FN3O6S/c1-11(2)10-31-20-15(22)5-12(8-25-20)32-17-7-16(23)13(6-14(17)21)19(27)26-33(28,29)18-9-24-3-4-30-18/h5-8,11,18,24H,3-4,9-10H2,1-2H3,(H,26,27). The van der Waals surface area contributed by atoms with Gasteiger partial charge in [-0.2, -0.15) is 0 Å². The van der Waals surface area contributed by atoms with Gasteiger partial charge in [-0.1, -0.05) is 37.0 Å². The Balaban J connectivity index is 1.73. The van der Waals surface area contributed by atoms with Crippen LogP contribution >= 0.6 is 23.2 Å². The van der Waals surface area contributed by atoms with E-state index in [0.29, 0.717) is 13.2 Å². The van der Waals surface area contributed by atoms with Crippen molar-refractivity contribution >= 4 is 39.1 Å². The summed E-state index contributed by atoms with van der Waals surface area (Å²) < 4.78 is 57.2. The van der Waals surface area contributed by atoms with E-state index in [4.69, 9.17) is 37.4 Å². The highest BCUT2D eigenvalue weighted by atomic mass is 35.5. The van der Waals surface area contributed by atoms with Gasteiger partial charge in [0.25, 0.3) is 15.9 Å². The Morgan fingerprint density at radius 2 is 2.09 bits per heavy atom. The van der Waals surface area contributed by atoms with Crippen LogP contribution in [0.2, 0.25) is 10.0 Å². The number of carbonyl (C=O) groups excluding carboxylic acids is 1. The van der Waals surface area contributed by atoms with Crippen LogP contribution in [0.15, 0.2) is 24.4 Å². The molecule has 9 nitrogen and oxygen atoms in total. The van der Waals surface area contributed by atoms with Gasteiger partial charge in [-0.25, -0.2) is 22.5 Å². The smallest absolute Gasteiger partial charge is 0.267 e. The number of halogens is 3. The van der Waals surface area contributed by atoms with Crippen molar-refractivity contribution in [3.8, 4) is 17.4 Å². The largest absolute Gasteiger partial charge is 0.476 e. The molecule has 2 N–H and O–H groups in total. The lowest BCUT2D eigenvalue weighted by Crippen LogP contribution is -2.48. The molecule has 33 heavy (non-hydrogen) atoms. The van der Waals surface area contributed by atoms with Gasteiger partial charge in [0.2, 0.25) is 5.88 Å². The fourth-order valence-electron chi connectivity index (χ4n) is 2.71. The number of hydrogen-bond donors (Lipinski definition) is 2. The van der Waals surface area contributed by atoms with Crippen molar-refractivity contribution in [2.75, 3.05) is 26.3 Å². The molecular weight excluding hydrogens is 500 g/mol. The zero-order chi connectivity index (χ0) is 24.2. The molecule has 1 aliphatic rings. The molecule has 1 saturated heterocycles. The first-order valence-corrected chi connectivity index (χ1v) is 12.2. The van der Waals surface area contributed by atoms with Gasteiger partial charge in [-0.15, -0.1) is 0 Å². The third-order valence-corrected chi connectivity index (χ3v) is 6.34. The minimum atomic E-state index is -4.20. The van der Waals surface area contributed by atoms with E-state index in [1.165, 1.54) is 12.3 Å². The highest BCUT2D eigenvalue weighted by Gasteiger charge is 2.31. The van der Waals surface area contributed by atoms with Crippen molar-refractivity contribution in [1.29, 1.82) is 0 Å². The number of nitrogens with one attached hydrogen (secondary N) is 2. The lowest BCUT2D eigenvalue weighted by Gasteiger charge is -2.23. The summed E-state index contributed by atoms with van der Waals surface area (Å²) in [7, 11) is -4.20. The minimum absolute atomic E-state index is 0.00345. The lowest BCUT2D eigenvalue weighted by atomic mass is 10.2. The maximum absolute atomic E-state index is 14.6. The summed E-state index contributed by atoms with van der Waals surface area (Å²) in [6.45, 7) is 5.02. The third kappa shape index (κ3) is 6.67. The highest BCUT2D eigenvalue weighted by Crippen LogP contribution is 2.34. The van der Waals surface area contributed by atoms with Gasteiger partial charge in [-0.05, 0) is 12.0 Å². The van der Waals surface area contributed by atoms with Gasteiger partial charge in [0.1, 0.15) is 22.3 Å². The van der Waals surface area contributed by atoms with Gasteiger partial charge in [0, 0.05) is 25.2 Å². The van der Waals surface area contributed by atoms with E-state index in [0.717, 1.165) is 12.1 Å². The number of rotatable bonds is 8. The molecule has 1 aromatic heterocycles. The zero-order valence-corrected chi connectivity index (χ0v) is 20.1. The van der Waals surface area contributed by atoms with Crippen molar-refractivity contribution in [1.82, 2.24) is 15.0 Å². The van der Waals surface area contributed by atoms with E-state index >= 15 is 0 Å². The maximum Gasteiger partial charge on any atom is 0.267 e. The first-order chi connectivity index (χ1) is 15.6. The fourth-order valence-corrected chi connectivity index (χ4v) is 4.24. The van der Waals surface area contributed by atoms with Gasteiger partial charge >= 0.3 is 0 Å². The summed E-state index contributed by atoms with van der Waals surface area (Å²) in [5.74, 6) is -1.70. The Hall–Kier alpha value is -2.18. The van der Waals surface area contributed by atoms with Crippen molar-refractivity contribution in [3.05, 3.63) is 45.8 Å². The molecule has 0 saturated carbocycles. The van der Waals surface area contributed by atoms with Crippen molar-refractivity contribution in [2.24, 2.45) is 5.92 Å². The number of hydrogen-bond acceptors (Lipinski definition) is 8. The Morgan fingerprint density at radius 1 is 1.33 bits per heavy atom. The number of ether oxygens (including phenoxy) is 3. The summed E-state index contributed by atoms with van der Waals surface area (Å²) in [5, 5.41) is 2.89. The first kappa shape index (κ1) is 25.4. The molecule has 0 aliphatic carbocycles. The van der Waals surface area contributed by atoms with Crippen LogP contribution in [0.3, 0.4) is 0 Å². The molecule has 1 atom stereocenters. The number of benzene rings is 1. The summed E-state index contributed by atoms with van der Waals surface area (Å²) in [6, 6.07) is 3.25. The van der Waals surface area contributed by atoms with Crippen LogP contribution in [0.5, 0.6) is 17.4 Å². The number of morpholine rings is 1. The molecule has 3 rings (SSSR count). The molecule has 1 amide bonds. The molecule has 1 aromatic carbocycles. The minimum Gasteiger partial charge on any atom is -0.476 e. The molecule has 13 heteroatoms. The fraction of sp³-hybridized carbons (Fsp3) is 0.400. The molecule has 1 fully saturated rings. The molecule has 0 spiro atoms. The molecule has 180 valence electrons. The van der Waals surface area contributed by atoms with Gasteiger partial charge in [-0.3, -0.25) is 4.79 Å². The normalized spacial score (nSPS) is 16.5. The topological polar surface area (TPSA) is 116 Å². The van der Waals surface area contributed by atoms with Crippen LogP contribution in [0, 0.1) is 11.7 Å². The Labute approximate surface area is 200 Å². The van der Waals surface area contributed by atoms with Crippen molar-refractivity contribution < 1.29 is 31.8 Å². The maximum atomic E-state index is 14.6. The van der Waals surface area contributed by atoms with Crippen molar-refractivity contribution in [3.63, 3.8) is 0 Å². The third-order valence-electron chi connectivity index (χ3n) is 4.30. The number of aromatic nitrogens is 1. The number of sulfonamides is 1. The molecular formula is C20H22Cl2FN3O6S. The number of amides is 1. The van der Waals surface area contributed by atoms with Gasteiger partial charge in [0.15, 0.2) is 5.44 Å². The molecule has 0 bridgehead atoms. The van der Waals surface area contributed by atoms with Crippen LogP contribution in [-0.2, 0) is 14.8 Å². The summed E-state index contributed by atoms with van der Waals surface area (Å²) in [4.78, 5) is 16.5. The Bertz CT molecular complexity index is 1130. The number of nitrogens with zero attached hydrogens (tertiary/aromatic N) is 1. The quantitative estimate of drug-likeness (QED) is 0.543. The predicted octanol–water partition coefficient (Wildman–Crippen LogP) is 3.36. The SMILES string of the molecule is CC(C)COc1ncc(Oc2cc(F)c(C(=O)NS(=O)(=O)C3CNCCO3)cc2Cl)cc1Cl. The van der Waals surface area contributed by atoms with Gasteiger partial charge in [0.05, 0.1) is 30.0 Å². The molecule has 0 radical (unpaired) electrons. The average Bonchev–Trinajstić information content (AvgIpc) is 2.75. The van der Waals surface area contributed by atoms with Crippen LogP contribution in [0.25, 0.3) is 0 Å². The van der Waals surface area contributed by atoms with E-state index in [9.17, 15) is 17.6 Å². The summed E-state index contributed by atoms with van der Waals surface area (Å²) in [5.41, 5.74) is -1.85. The predicted molar refractivity (Wildman–Crippen MR) is 120 cm³/mol. The zero-order valence-electron chi connectivity index (χ0n) is 17.7. The molecule has 2 heterocycles. The van der Waals surface area contributed by atoms with Crippen molar-refractivity contribution in [2.45, 2.75) is 19.3 Å². The highest BCUT2D eigenvalue weighted by molar-refractivity contribution is 7.90. The first-order valence-electron chi connectivity index (χ1n) is 9.90. The van der Waals surface area contributed by atoms with E-state index in [2.05, 4.69) is 10.3 Å². The second-order valence-corrected chi connectivity index (χ2v) is 10.1. The van der Waals surface area contributed by atoms with Crippen LogP contribution < -0.4 is 19.5 Å². The van der Waals surface area contributed by atoms with Crippen LogP contribution in [0.1, 0.15) is 24.2 Å². The molecule has 1 aliphatic heterocycles. The van der Waals surface area contributed by atoms with E-state index < -0.39 is 32.7 Å². The second-order valence-electron chi connectivity index (χ2n) is 7.51. The van der Waals surface area contributed by atoms with E-state index in [1.54, 1.807) is 4.72 Å². The van der Waals surface area contributed by atoms with Crippen LogP contribution in [0.4, 0.5) is 4.39 Å². The molecule has 1 unspecified atom stereocenters. The second kappa shape index (κ2) is 10.8. The van der Waals surface area contributed by atoms with E-state index in [-0.39, 0.29) is 46.5 Å².